The average Bonchev–Trinajstić information content (AvgIpc) is 3.43. The molecule has 4 heterocycles. The van der Waals surface area contributed by atoms with E-state index in [0.717, 1.165) is 47.3 Å². The molecule has 2 aromatic carbocycles. The molecule has 2 aromatic heterocycles. The lowest BCUT2D eigenvalue weighted by atomic mass is 9.89. The normalized spacial score (nSPS) is 20.1. The van der Waals surface area contributed by atoms with Gasteiger partial charge >= 0.3 is 0 Å². The van der Waals surface area contributed by atoms with E-state index < -0.39 is 5.95 Å². The fraction of sp³-hybridized carbons (Fsp3) is 0.308. The number of likely N-dealkylation sites (tertiary alicyclic amines) is 1. The Bertz CT molecular complexity index is 1410. The van der Waals surface area contributed by atoms with Crippen molar-refractivity contribution in [3.8, 4) is 16.9 Å². The second kappa shape index (κ2) is 8.25. The van der Waals surface area contributed by atoms with E-state index in [9.17, 15) is 9.18 Å². The van der Waals surface area contributed by atoms with Gasteiger partial charge in [0.25, 0.3) is 0 Å². The molecule has 4 aromatic rings. The van der Waals surface area contributed by atoms with Gasteiger partial charge in [-0.15, -0.1) is 0 Å². The Morgan fingerprint density at radius 3 is 2.91 bits per heavy atom. The highest BCUT2D eigenvalue weighted by molar-refractivity contribution is 6.30. The summed E-state index contributed by atoms with van der Waals surface area (Å²) in [6, 6.07) is 11.7. The first kappa shape index (κ1) is 21.4. The number of hydrogen-bond acceptors (Lipinski definition) is 4. The van der Waals surface area contributed by atoms with Gasteiger partial charge in [-0.05, 0) is 61.8 Å². The summed E-state index contributed by atoms with van der Waals surface area (Å²) in [6.07, 6.45) is 5.15. The van der Waals surface area contributed by atoms with Crippen LogP contribution in [0.15, 0.2) is 48.8 Å². The van der Waals surface area contributed by atoms with Crippen molar-refractivity contribution >= 4 is 28.3 Å². The van der Waals surface area contributed by atoms with Crippen molar-refractivity contribution in [2.75, 3.05) is 20.2 Å². The van der Waals surface area contributed by atoms with E-state index in [2.05, 4.69) is 26.7 Å². The summed E-state index contributed by atoms with van der Waals surface area (Å²) in [5.74, 6) is 0.0841. The van der Waals surface area contributed by atoms with Crippen LogP contribution in [0.4, 0.5) is 4.39 Å². The van der Waals surface area contributed by atoms with E-state index in [1.165, 1.54) is 6.20 Å². The van der Waals surface area contributed by atoms with E-state index in [1.54, 1.807) is 6.07 Å². The summed E-state index contributed by atoms with van der Waals surface area (Å²) in [4.78, 5) is 16.0. The van der Waals surface area contributed by atoms with Gasteiger partial charge in [0.2, 0.25) is 5.95 Å². The van der Waals surface area contributed by atoms with Crippen molar-refractivity contribution < 1.29 is 13.9 Å². The number of ether oxygens (including phenoxy) is 1. The van der Waals surface area contributed by atoms with E-state index >= 15 is 0 Å². The van der Waals surface area contributed by atoms with Crippen LogP contribution in [-0.2, 0) is 13.0 Å². The van der Waals surface area contributed by atoms with Gasteiger partial charge in [0, 0.05) is 40.3 Å². The number of likely N-dealkylation sites (N-methyl/N-ethyl adjacent to an activating group) is 1. The number of hydrogen-bond donors (Lipinski definition) is 1. The molecule has 0 spiro atoms. The second-order valence-corrected chi connectivity index (χ2v) is 9.71. The zero-order chi connectivity index (χ0) is 23.4. The number of Topliss-reactive ketones (excluding diaryl/α,β-unsaturated/α-hetero) is 1. The smallest absolute Gasteiger partial charge is 0.216 e. The molecule has 2 aliphatic rings. The van der Waals surface area contributed by atoms with Crippen molar-refractivity contribution in [2.45, 2.75) is 25.4 Å². The molecule has 1 saturated heterocycles. The first-order valence-electron chi connectivity index (χ1n) is 11.5. The minimum absolute atomic E-state index is 0.0542. The summed E-state index contributed by atoms with van der Waals surface area (Å²) >= 11 is 6.17. The van der Waals surface area contributed by atoms with Crippen LogP contribution in [0.3, 0.4) is 0 Å². The Morgan fingerprint density at radius 2 is 2.18 bits per heavy atom. The number of nitrogens with zero attached hydrogens (tertiary/aromatic N) is 3. The van der Waals surface area contributed by atoms with Gasteiger partial charge in [0.05, 0.1) is 24.3 Å². The molecular weight excluding hydrogens is 455 g/mol. The highest BCUT2D eigenvalue weighted by atomic mass is 35.5. The van der Waals surface area contributed by atoms with Gasteiger partial charge in [0.1, 0.15) is 5.75 Å². The number of H-pyrrole nitrogens is 1. The summed E-state index contributed by atoms with van der Waals surface area (Å²) < 4.78 is 22.2. The van der Waals surface area contributed by atoms with Gasteiger partial charge in [-0.1, -0.05) is 23.7 Å². The number of ketones is 1. The van der Waals surface area contributed by atoms with E-state index in [1.807, 2.05) is 36.5 Å². The summed E-state index contributed by atoms with van der Waals surface area (Å²) in [5, 5.41) is 7.67. The largest absolute Gasteiger partial charge is 0.493 e. The molecule has 6 nitrogen and oxygen atoms in total. The Hall–Kier alpha value is -3.16. The zero-order valence-electron chi connectivity index (χ0n) is 18.7. The summed E-state index contributed by atoms with van der Waals surface area (Å²) in [7, 11) is 2.11. The molecule has 0 amide bonds. The maximum absolute atomic E-state index is 14.2. The van der Waals surface area contributed by atoms with E-state index in [-0.39, 0.29) is 11.7 Å². The minimum Gasteiger partial charge on any atom is -0.493 e. The lowest BCUT2D eigenvalue weighted by Crippen LogP contribution is -2.46. The van der Waals surface area contributed by atoms with Crippen LogP contribution in [0.5, 0.6) is 5.75 Å². The Balaban J connectivity index is 1.39. The molecule has 1 fully saturated rings. The minimum atomic E-state index is -0.468. The fourth-order valence-electron chi connectivity index (χ4n) is 5.06. The van der Waals surface area contributed by atoms with Crippen LogP contribution in [-0.4, -0.2) is 51.7 Å². The van der Waals surface area contributed by atoms with Crippen molar-refractivity contribution in [2.24, 2.45) is 5.92 Å². The summed E-state index contributed by atoms with van der Waals surface area (Å²) in [5.41, 5.74) is 3.69. The van der Waals surface area contributed by atoms with Crippen molar-refractivity contribution in [3.63, 3.8) is 0 Å². The topological polar surface area (TPSA) is 63.1 Å². The van der Waals surface area contributed by atoms with Crippen molar-refractivity contribution in [1.29, 1.82) is 0 Å². The third-order valence-electron chi connectivity index (χ3n) is 7.20. The van der Waals surface area contributed by atoms with Crippen LogP contribution in [0, 0.1) is 11.9 Å². The van der Waals surface area contributed by atoms with Crippen molar-refractivity contribution in [1.82, 2.24) is 19.7 Å². The number of aromatic amines is 1. The number of aromatic nitrogens is 3. The van der Waals surface area contributed by atoms with Crippen LogP contribution in [0.2, 0.25) is 5.02 Å². The Labute approximate surface area is 201 Å². The van der Waals surface area contributed by atoms with E-state index in [4.69, 9.17) is 16.3 Å². The van der Waals surface area contributed by atoms with Crippen LogP contribution in [0.1, 0.15) is 22.3 Å². The predicted octanol–water partition coefficient (Wildman–Crippen LogP) is 4.96. The number of fused-ring (bicyclic) bond motifs is 2. The molecule has 6 rings (SSSR count). The molecule has 1 unspecified atom stereocenters. The maximum atomic E-state index is 14.2. The highest BCUT2D eigenvalue weighted by Gasteiger charge is 2.31. The molecule has 0 saturated carbocycles. The number of nitrogens with one attached hydrogen (secondary N) is 1. The zero-order valence-corrected chi connectivity index (χ0v) is 19.5. The van der Waals surface area contributed by atoms with Crippen LogP contribution >= 0.6 is 11.6 Å². The number of carbonyl (C=O) groups excluding carboxylic acids is 1. The SMILES string of the molecule is CN1CC[C@@H]1Cn1cc(C(=O)C2COc3ccc(Cl)cc3C2)c2ccc(-c3cn[nH]c3F)cc21. The molecule has 0 aliphatic carbocycles. The fourth-order valence-corrected chi connectivity index (χ4v) is 5.25. The van der Waals surface area contributed by atoms with Gasteiger partial charge in [-0.2, -0.15) is 9.49 Å². The standard InChI is InChI=1S/C26H24ClFN4O2/c1-31-7-6-19(31)12-32-13-22(20-4-2-15(10-23(20)32)21-11-29-30-26(21)28)25(33)17-8-16-9-18(27)3-5-24(16)34-14-17/h2-5,9-11,13,17,19H,6-8,12,14H2,1H3,(H,29,30)/t17?,19-/m1/s1. The molecule has 2 atom stereocenters. The molecule has 8 heteroatoms. The highest BCUT2D eigenvalue weighted by Crippen LogP contribution is 2.35. The van der Waals surface area contributed by atoms with Crippen LogP contribution < -0.4 is 4.74 Å². The molecule has 0 radical (unpaired) electrons. The van der Waals surface area contributed by atoms with Gasteiger partial charge < -0.3 is 14.2 Å². The summed E-state index contributed by atoms with van der Waals surface area (Å²) in [6.45, 7) is 2.18. The van der Waals surface area contributed by atoms with Gasteiger partial charge in [-0.25, -0.2) is 0 Å². The first-order chi connectivity index (χ1) is 16.5. The molecule has 174 valence electrons. The average molecular weight is 479 g/mol. The monoisotopic (exact) mass is 478 g/mol. The second-order valence-electron chi connectivity index (χ2n) is 9.28. The third kappa shape index (κ3) is 3.60. The maximum Gasteiger partial charge on any atom is 0.216 e. The Kier molecular flexibility index (Phi) is 5.19. The number of carbonyl (C=O) groups is 1. The Morgan fingerprint density at radius 1 is 1.29 bits per heavy atom. The van der Waals surface area contributed by atoms with Gasteiger partial charge in [0.15, 0.2) is 5.78 Å². The third-order valence-corrected chi connectivity index (χ3v) is 7.43. The molecule has 2 aliphatic heterocycles. The molecule has 0 bridgehead atoms. The molecule has 1 N–H and O–H groups in total. The number of rotatable bonds is 5. The lowest BCUT2D eigenvalue weighted by molar-refractivity contribution is 0.0856. The predicted molar refractivity (Wildman–Crippen MR) is 129 cm³/mol. The first-order valence-corrected chi connectivity index (χ1v) is 11.8. The quantitative estimate of drug-likeness (QED) is 0.412. The number of halogens is 2. The molecular formula is C26H24ClFN4O2. The van der Waals surface area contributed by atoms with Crippen molar-refractivity contribution in [3.05, 3.63) is 70.9 Å². The van der Waals surface area contributed by atoms with E-state index in [0.29, 0.717) is 35.2 Å². The number of benzene rings is 2. The van der Waals surface area contributed by atoms with Crippen LogP contribution in [0.25, 0.3) is 22.0 Å². The molecule has 34 heavy (non-hydrogen) atoms. The lowest BCUT2D eigenvalue weighted by Gasteiger charge is -2.38. The van der Waals surface area contributed by atoms with Gasteiger partial charge in [-0.3, -0.25) is 9.89 Å².